The van der Waals surface area contributed by atoms with Crippen LogP contribution in [0, 0.1) is 5.82 Å². The number of rotatable bonds is 15. The van der Waals surface area contributed by atoms with Crippen LogP contribution >= 0.6 is 0 Å². The van der Waals surface area contributed by atoms with Gasteiger partial charge in [-0.15, -0.1) is 0 Å². The summed E-state index contributed by atoms with van der Waals surface area (Å²) in [6, 6.07) is 17.5. The molecule has 1 aliphatic heterocycles. The van der Waals surface area contributed by atoms with E-state index in [9.17, 15) is 14.0 Å². The first-order chi connectivity index (χ1) is 20.0. The highest BCUT2D eigenvalue weighted by Gasteiger charge is 2.24. The Morgan fingerprint density at radius 1 is 0.878 bits per heavy atom. The molecule has 0 unspecified atom stereocenters. The molecular formula is C33H42FN3O4. The second-order valence-corrected chi connectivity index (χ2v) is 10.6. The van der Waals surface area contributed by atoms with E-state index in [1.54, 1.807) is 34.3 Å². The van der Waals surface area contributed by atoms with Crippen LogP contribution in [0.4, 0.5) is 4.39 Å². The summed E-state index contributed by atoms with van der Waals surface area (Å²) in [5.74, 6) is -0.0526. The van der Waals surface area contributed by atoms with Gasteiger partial charge in [-0.3, -0.25) is 14.5 Å². The lowest BCUT2D eigenvalue weighted by Crippen LogP contribution is -2.47. The Hall–Kier alpha value is -3.49. The number of unbranched alkanes of at least 4 members (excludes halogenated alkanes) is 3. The number of halogens is 1. The summed E-state index contributed by atoms with van der Waals surface area (Å²) in [6.45, 7) is 6.69. The Balaban J connectivity index is 1.48. The summed E-state index contributed by atoms with van der Waals surface area (Å²) >= 11 is 0. The van der Waals surface area contributed by atoms with Gasteiger partial charge in [0.05, 0.1) is 26.0 Å². The fraction of sp³-hybridized carbons (Fsp3) is 0.455. The molecule has 4 rings (SSSR count). The van der Waals surface area contributed by atoms with Crippen LogP contribution in [-0.4, -0.2) is 72.5 Å². The number of furan rings is 1. The molecule has 1 aromatic heterocycles. The Morgan fingerprint density at radius 2 is 1.61 bits per heavy atom. The van der Waals surface area contributed by atoms with Gasteiger partial charge in [-0.1, -0.05) is 50.5 Å². The normalized spacial score (nSPS) is 13.7. The molecule has 0 saturated carbocycles. The number of aryl methyl sites for hydroxylation is 1. The summed E-state index contributed by atoms with van der Waals surface area (Å²) in [5.41, 5.74) is 2.60. The minimum absolute atomic E-state index is 0.0656. The number of benzene rings is 2. The molecule has 0 atom stereocenters. The topological polar surface area (TPSA) is 66.2 Å². The molecule has 41 heavy (non-hydrogen) atoms. The van der Waals surface area contributed by atoms with Gasteiger partial charge in [0, 0.05) is 38.3 Å². The maximum atomic E-state index is 13.8. The van der Waals surface area contributed by atoms with Crippen LogP contribution in [0.5, 0.6) is 0 Å². The summed E-state index contributed by atoms with van der Waals surface area (Å²) in [7, 11) is 0. The number of morpholine rings is 1. The van der Waals surface area contributed by atoms with Crippen molar-refractivity contribution in [1.29, 1.82) is 0 Å². The first-order valence-electron chi connectivity index (χ1n) is 14.7. The van der Waals surface area contributed by atoms with Crippen molar-refractivity contribution >= 4 is 11.8 Å². The zero-order valence-electron chi connectivity index (χ0n) is 24.1. The molecule has 0 aliphatic carbocycles. The number of amides is 2. The Bertz CT molecular complexity index is 1190. The van der Waals surface area contributed by atoms with Gasteiger partial charge in [0.15, 0.2) is 0 Å². The average Bonchev–Trinajstić information content (AvgIpc) is 3.52. The number of carbonyl (C=O) groups excluding carboxylic acids is 2. The third kappa shape index (κ3) is 9.83. The molecule has 1 aliphatic rings. The first-order valence-corrected chi connectivity index (χ1v) is 14.7. The van der Waals surface area contributed by atoms with E-state index < -0.39 is 0 Å². The molecule has 1 fully saturated rings. The molecule has 1 saturated heterocycles. The third-order valence-corrected chi connectivity index (χ3v) is 7.49. The molecule has 220 valence electrons. The van der Waals surface area contributed by atoms with Gasteiger partial charge < -0.3 is 19.0 Å². The van der Waals surface area contributed by atoms with Gasteiger partial charge in [0.2, 0.25) is 5.91 Å². The summed E-state index contributed by atoms with van der Waals surface area (Å²) < 4.78 is 24.5. The van der Waals surface area contributed by atoms with Gasteiger partial charge >= 0.3 is 0 Å². The number of hydrogen-bond donors (Lipinski definition) is 0. The van der Waals surface area contributed by atoms with Crippen LogP contribution in [0.3, 0.4) is 0 Å². The van der Waals surface area contributed by atoms with E-state index in [0.29, 0.717) is 37.6 Å². The zero-order chi connectivity index (χ0) is 28.9. The fourth-order valence-electron chi connectivity index (χ4n) is 4.99. The monoisotopic (exact) mass is 563 g/mol. The molecule has 0 spiro atoms. The molecular weight excluding hydrogens is 521 g/mol. The Kier molecular flexibility index (Phi) is 11.9. The minimum atomic E-state index is -0.329. The maximum Gasteiger partial charge on any atom is 0.254 e. The number of ether oxygens (including phenoxy) is 1. The SMILES string of the molecule is CCCCCCc1ccc(C(=O)N(CCN2CCOCC2)CC(=O)N(Cc2ccc(F)cc2)Cc2ccco2)cc1. The second-order valence-electron chi connectivity index (χ2n) is 10.6. The van der Waals surface area contributed by atoms with Gasteiger partial charge in [-0.2, -0.15) is 0 Å². The zero-order valence-corrected chi connectivity index (χ0v) is 24.1. The van der Waals surface area contributed by atoms with Crippen LogP contribution in [0.1, 0.15) is 59.9 Å². The highest BCUT2D eigenvalue weighted by molar-refractivity contribution is 5.96. The van der Waals surface area contributed by atoms with Crippen molar-refractivity contribution in [3.8, 4) is 0 Å². The van der Waals surface area contributed by atoms with Crippen LogP contribution in [0.15, 0.2) is 71.3 Å². The smallest absolute Gasteiger partial charge is 0.254 e. The lowest BCUT2D eigenvalue weighted by Gasteiger charge is -2.31. The van der Waals surface area contributed by atoms with E-state index in [1.807, 2.05) is 30.3 Å². The van der Waals surface area contributed by atoms with Gasteiger partial charge in [-0.25, -0.2) is 4.39 Å². The van der Waals surface area contributed by atoms with Crippen molar-refractivity contribution in [1.82, 2.24) is 14.7 Å². The number of carbonyl (C=O) groups is 2. The largest absolute Gasteiger partial charge is 0.467 e. The number of nitrogens with zero attached hydrogens (tertiary/aromatic N) is 3. The van der Waals surface area contributed by atoms with Crippen molar-refractivity contribution in [2.24, 2.45) is 0 Å². The standard InChI is InChI=1S/C33H42FN3O4/c1-2-3-4-5-7-27-9-13-29(14-10-27)33(39)36(18-17-35-19-22-40-23-20-35)26-32(38)37(25-31-8-6-21-41-31)24-28-11-15-30(34)16-12-28/h6,8-16,21H,2-5,7,17-20,22-26H2,1H3. The van der Waals surface area contributed by atoms with Crippen molar-refractivity contribution in [3.05, 3.63) is 95.2 Å². The van der Waals surface area contributed by atoms with E-state index in [0.717, 1.165) is 31.5 Å². The van der Waals surface area contributed by atoms with Crippen molar-refractivity contribution in [2.75, 3.05) is 45.9 Å². The third-order valence-electron chi connectivity index (χ3n) is 7.49. The quantitative estimate of drug-likeness (QED) is 0.227. The van der Waals surface area contributed by atoms with Crippen LogP contribution in [0.25, 0.3) is 0 Å². The van der Waals surface area contributed by atoms with Gasteiger partial charge in [0.25, 0.3) is 5.91 Å². The summed E-state index contributed by atoms with van der Waals surface area (Å²) in [5, 5.41) is 0. The van der Waals surface area contributed by atoms with E-state index in [1.165, 1.54) is 37.0 Å². The fourth-order valence-corrected chi connectivity index (χ4v) is 4.99. The van der Waals surface area contributed by atoms with Crippen molar-refractivity contribution in [2.45, 2.75) is 52.1 Å². The predicted molar refractivity (Wildman–Crippen MR) is 157 cm³/mol. The highest BCUT2D eigenvalue weighted by Crippen LogP contribution is 2.15. The Morgan fingerprint density at radius 3 is 2.29 bits per heavy atom. The van der Waals surface area contributed by atoms with E-state index >= 15 is 0 Å². The van der Waals surface area contributed by atoms with Gasteiger partial charge in [-0.05, 0) is 60.4 Å². The molecule has 7 nitrogen and oxygen atoms in total. The average molecular weight is 564 g/mol. The van der Waals surface area contributed by atoms with E-state index in [-0.39, 0.29) is 37.3 Å². The maximum absolute atomic E-state index is 13.8. The lowest BCUT2D eigenvalue weighted by atomic mass is 10.0. The number of hydrogen-bond acceptors (Lipinski definition) is 5. The first kappa shape index (κ1) is 30.5. The van der Waals surface area contributed by atoms with E-state index in [2.05, 4.69) is 11.8 Å². The van der Waals surface area contributed by atoms with Crippen LogP contribution in [0.2, 0.25) is 0 Å². The van der Waals surface area contributed by atoms with Gasteiger partial charge in [0.1, 0.15) is 18.1 Å². The van der Waals surface area contributed by atoms with Crippen LogP contribution < -0.4 is 0 Å². The molecule has 3 aromatic rings. The van der Waals surface area contributed by atoms with Crippen molar-refractivity contribution < 1.29 is 23.1 Å². The Labute approximate surface area is 242 Å². The lowest BCUT2D eigenvalue weighted by molar-refractivity contribution is -0.133. The summed E-state index contributed by atoms with van der Waals surface area (Å²) in [6.07, 6.45) is 7.36. The summed E-state index contributed by atoms with van der Waals surface area (Å²) in [4.78, 5) is 33.1. The molecule has 8 heteroatoms. The predicted octanol–water partition coefficient (Wildman–Crippen LogP) is 5.54. The molecule has 2 amide bonds. The second kappa shape index (κ2) is 16.1. The van der Waals surface area contributed by atoms with Crippen molar-refractivity contribution in [3.63, 3.8) is 0 Å². The van der Waals surface area contributed by atoms with Crippen LogP contribution in [-0.2, 0) is 29.0 Å². The molecule has 0 N–H and O–H groups in total. The highest BCUT2D eigenvalue weighted by atomic mass is 19.1. The molecule has 2 heterocycles. The minimum Gasteiger partial charge on any atom is -0.467 e. The molecule has 0 radical (unpaired) electrons. The molecule has 2 aromatic carbocycles. The van der Waals surface area contributed by atoms with E-state index in [4.69, 9.17) is 9.15 Å². The molecule has 0 bridgehead atoms.